The SMILES string of the molecule is CC(Sc1nncn1C)c1cccc(NC(=O)c2cc(C(=O)N3CC[C@@H](O)C3)ccn2)c1. The number of hydrogen-bond acceptors (Lipinski definition) is 7. The van der Waals surface area contributed by atoms with Crippen molar-refractivity contribution in [3.63, 3.8) is 0 Å². The van der Waals surface area contributed by atoms with Crippen LogP contribution in [0, 0.1) is 0 Å². The third kappa shape index (κ3) is 4.97. The summed E-state index contributed by atoms with van der Waals surface area (Å²) >= 11 is 1.58. The Morgan fingerprint density at radius 3 is 2.84 bits per heavy atom. The van der Waals surface area contributed by atoms with Gasteiger partial charge in [0.25, 0.3) is 11.8 Å². The van der Waals surface area contributed by atoms with Crippen molar-refractivity contribution in [2.24, 2.45) is 7.05 Å². The molecule has 2 atom stereocenters. The zero-order chi connectivity index (χ0) is 22.7. The maximum Gasteiger partial charge on any atom is 0.274 e. The molecule has 0 saturated carbocycles. The molecule has 0 aliphatic carbocycles. The number of hydrogen-bond donors (Lipinski definition) is 2. The van der Waals surface area contributed by atoms with Crippen molar-refractivity contribution in [1.29, 1.82) is 0 Å². The molecule has 2 aromatic heterocycles. The third-order valence-electron chi connectivity index (χ3n) is 5.26. The van der Waals surface area contributed by atoms with E-state index in [2.05, 4.69) is 27.4 Å². The van der Waals surface area contributed by atoms with E-state index in [-0.39, 0.29) is 16.9 Å². The molecule has 0 radical (unpaired) electrons. The van der Waals surface area contributed by atoms with Crippen LogP contribution in [0.1, 0.15) is 45.0 Å². The first-order chi connectivity index (χ1) is 15.4. The minimum atomic E-state index is -0.495. The van der Waals surface area contributed by atoms with Crippen LogP contribution in [0.4, 0.5) is 5.69 Å². The molecule has 32 heavy (non-hydrogen) atoms. The molecule has 1 unspecified atom stereocenters. The maximum absolute atomic E-state index is 12.8. The van der Waals surface area contributed by atoms with E-state index in [4.69, 9.17) is 0 Å². The van der Waals surface area contributed by atoms with Crippen molar-refractivity contribution >= 4 is 29.3 Å². The molecule has 1 aliphatic rings. The van der Waals surface area contributed by atoms with E-state index in [1.807, 2.05) is 35.9 Å². The van der Waals surface area contributed by atoms with E-state index in [0.717, 1.165) is 10.7 Å². The predicted octanol–water partition coefficient (Wildman–Crippen LogP) is 2.52. The number of likely N-dealkylation sites (tertiary alicyclic amines) is 1. The largest absolute Gasteiger partial charge is 0.391 e. The summed E-state index contributed by atoms with van der Waals surface area (Å²) in [5.41, 5.74) is 2.20. The van der Waals surface area contributed by atoms with Crippen molar-refractivity contribution in [2.75, 3.05) is 18.4 Å². The lowest BCUT2D eigenvalue weighted by Crippen LogP contribution is -2.29. The van der Waals surface area contributed by atoms with E-state index in [0.29, 0.717) is 30.8 Å². The molecular formula is C22H24N6O3S. The number of carbonyl (C=O) groups is 2. The summed E-state index contributed by atoms with van der Waals surface area (Å²) in [5, 5.41) is 21.4. The first-order valence-corrected chi connectivity index (χ1v) is 11.1. The fourth-order valence-corrected chi connectivity index (χ4v) is 4.37. The number of aliphatic hydroxyl groups is 1. The van der Waals surface area contributed by atoms with Gasteiger partial charge in [0.15, 0.2) is 5.16 Å². The first kappa shape index (κ1) is 22.0. The van der Waals surface area contributed by atoms with Crippen LogP contribution in [0.25, 0.3) is 0 Å². The van der Waals surface area contributed by atoms with Crippen molar-refractivity contribution in [2.45, 2.75) is 29.9 Å². The van der Waals surface area contributed by atoms with Gasteiger partial charge >= 0.3 is 0 Å². The standard InChI is InChI=1S/C22H24N6O3S/c1-14(32-22-26-24-13-27(22)2)15-4-3-5-17(10-15)25-20(30)19-11-16(6-8-23-19)21(31)28-9-7-18(29)12-28/h3-6,8,10-11,13-14,18,29H,7,9,12H2,1-2H3,(H,25,30)/t14?,18-/m1/s1. The Balaban J connectivity index is 1.44. The average molecular weight is 453 g/mol. The van der Waals surface area contributed by atoms with E-state index in [1.54, 1.807) is 29.1 Å². The monoisotopic (exact) mass is 452 g/mol. The molecule has 166 valence electrons. The molecule has 3 aromatic rings. The Hall–Kier alpha value is -3.24. The van der Waals surface area contributed by atoms with Crippen molar-refractivity contribution < 1.29 is 14.7 Å². The van der Waals surface area contributed by atoms with Crippen LogP contribution < -0.4 is 5.32 Å². The predicted molar refractivity (Wildman–Crippen MR) is 120 cm³/mol. The van der Waals surface area contributed by atoms with Crippen LogP contribution >= 0.6 is 11.8 Å². The number of β-amino-alcohol motifs (C(OH)–C–C–N with tert-alkyl or cyclic N) is 1. The molecule has 9 nitrogen and oxygen atoms in total. The van der Waals surface area contributed by atoms with Gasteiger partial charge in [-0.3, -0.25) is 14.6 Å². The fourth-order valence-electron chi connectivity index (χ4n) is 3.47. The molecule has 10 heteroatoms. The Labute approximate surface area is 189 Å². The zero-order valence-corrected chi connectivity index (χ0v) is 18.6. The smallest absolute Gasteiger partial charge is 0.274 e. The summed E-state index contributed by atoms with van der Waals surface area (Å²) < 4.78 is 1.86. The highest BCUT2D eigenvalue weighted by atomic mass is 32.2. The number of nitrogens with zero attached hydrogens (tertiary/aromatic N) is 5. The van der Waals surface area contributed by atoms with Gasteiger partial charge in [0.1, 0.15) is 12.0 Å². The second-order valence-corrected chi connectivity index (χ2v) is 9.00. The van der Waals surface area contributed by atoms with Crippen molar-refractivity contribution in [3.05, 3.63) is 65.7 Å². The number of aryl methyl sites for hydroxylation is 1. The third-order valence-corrected chi connectivity index (χ3v) is 6.46. The highest BCUT2D eigenvalue weighted by Crippen LogP contribution is 2.34. The second-order valence-electron chi connectivity index (χ2n) is 7.69. The molecule has 1 aromatic carbocycles. The van der Waals surface area contributed by atoms with E-state index < -0.39 is 12.0 Å². The number of amides is 2. The molecule has 3 heterocycles. The topological polar surface area (TPSA) is 113 Å². The molecule has 1 aliphatic heterocycles. The van der Waals surface area contributed by atoms with Crippen molar-refractivity contribution in [1.82, 2.24) is 24.6 Å². The van der Waals surface area contributed by atoms with Gasteiger partial charge in [-0.1, -0.05) is 23.9 Å². The zero-order valence-electron chi connectivity index (χ0n) is 17.8. The number of pyridine rings is 1. The molecule has 0 spiro atoms. The van der Waals surface area contributed by atoms with Gasteiger partial charge in [-0.15, -0.1) is 10.2 Å². The minimum absolute atomic E-state index is 0.102. The van der Waals surface area contributed by atoms with Crippen LogP contribution in [0.2, 0.25) is 0 Å². The quantitative estimate of drug-likeness (QED) is 0.553. The number of nitrogens with one attached hydrogen (secondary N) is 1. The van der Waals surface area contributed by atoms with Crippen molar-refractivity contribution in [3.8, 4) is 0 Å². The van der Waals surface area contributed by atoms with Gasteiger partial charge in [0, 0.05) is 42.8 Å². The minimum Gasteiger partial charge on any atom is -0.391 e. The number of carbonyl (C=O) groups excluding carboxylic acids is 2. The van der Waals surface area contributed by atoms with Gasteiger partial charge in [-0.2, -0.15) is 0 Å². The summed E-state index contributed by atoms with van der Waals surface area (Å²) in [7, 11) is 1.89. The van der Waals surface area contributed by atoms with E-state index in [9.17, 15) is 14.7 Å². The summed E-state index contributed by atoms with van der Waals surface area (Å²) in [4.78, 5) is 31.1. The van der Waals surface area contributed by atoms with Gasteiger partial charge in [0.05, 0.1) is 6.10 Å². The van der Waals surface area contributed by atoms with Gasteiger partial charge < -0.3 is 19.9 Å². The molecular weight excluding hydrogens is 428 g/mol. The number of benzene rings is 1. The van der Waals surface area contributed by atoms with Crippen LogP contribution in [0.15, 0.2) is 54.1 Å². The lowest BCUT2D eigenvalue weighted by molar-refractivity contribution is 0.0765. The van der Waals surface area contributed by atoms with Crippen LogP contribution in [0.5, 0.6) is 0 Å². The molecule has 1 fully saturated rings. The van der Waals surface area contributed by atoms with Crippen LogP contribution in [-0.4, -0.2) is 60.8 Å². The van der Waals surface area contributed by atoms with E-state index in [1.165, 1.54) is 12.3 Å². The fraction of sp³-hybridized carbons (Fsp3) is 0.318. The summed E-state index contributed by atoms with van der Waals surface area (Å²) in [6, 6.07) is 10.7. The number of thioether (sulfide) groups is 1. The Morgan fingerprint density at radius 2 is 2.12 bits per heavy atom. The number of anilines is 1. The molecule has 1 saturated heterocycles. The highest BCUT2D eigenvalue weighted by Gasteiger charge is 2.26. The summed E-state index contributed by atoms with van der Waals surface area (Å²) in [6.07, 6.45) is 3.17. The average Bonchev–Trinajstić information content (AvgIpc) is 3.41. The van der Waals surface area contributed by atoms with Gasteiger partial charge in [-0.05, 0) is 43.2 Å². The number of rotatable bonds is 6. The van der Waals surface area contributed by atoms with Gasteiger partial charge in [0.2, 0.25) is 0 Å². The number of aromatic nitrogens is 4. The first-order valence-electron chi connectivity index (χ1n) is 10.3. The molecule has 2 amide bonds. The molecule has 2 N–H and O–H groups in total. The van der Waals surface area contributed by atoms with E-state index >= 15 is 0 Å². The van der Waals surface area contributed by atoms with Crippen LogP contribution in [0.3, 0.4) is 0 Å². The molecule has 0 bridgehead atoms. The number of aliphatic hydroxyl groups excluding tert-OH is 1. The second kappa shape index (κ2) is 9.49. The lowest BCUT2D eigenvalue weighted by Gasteiger charge is -2.16. The Bertz CT molecular complexity index is 1130. The Kier molecular flexibility index (Phi) is 6.52. The summed E-state index contributed by atoms with van der Waals surface area (Å²) in [5.74, 6) is -0.610. The summed E-state index contributed by atoms with van der Waals surface area (Å²) in [6.45, 7) is 2.87. The molecule has 4 rings (SSSR count). The highest BCUT2D eigenvalue weighted by molar-refractivity contribution is 7.99. The normalized spacial score (nSPS) is 16.7. The van der Waals surface area contributed by atoms with Crippen LogP contribution in [-0.2, 0) is 7.05 Å². The maximum atomic E-state index is 12.8. The van der Waals surface area contributed by atoms with Gasteiger partial charge in [-0.25, -0.2) is 0 Å². The Morgan fingerprint density at radius 1 is 1.28 bits per heavy atom. The lowest BCUT2D eigenvalue weighted by atomic mass is 10.1.